The Kier molecular flexibility index (Phi) is 4.63. The molecule has 1 heterocycles. The van der Waals surface area contributed by atoms with E-state index >= 15 is 0 Å². The molecule has 7 heteroatoms. The van der Waals surface area contributed by atoms with Crippen molar-refractivity contribution in [2.24, 2.45) is 0 Å². The molecule has 7 nitrogen and oxygen atoms in total. The lowest BCUT2D eigenvalue weighted by molar-refractivity contribution is -0.385. The van der Waals surface area contributed by atoms with Crippen molar-refractivity contribution in [3.63, 3.8) is 0 Å². The molecule has 0 aliphatic heterocycles. The van der Waals surface area contributed by atoms with Crippen molar-refractivity contribution in [3.8, 4) is 17.7 Å². The van der Waals surface area contributed by atoms with Gasteiger partial charge in [-0.05, 0) is 12.8 Å². The first kappa shape index (κ1) is 13.4. The Morgan fingerprint density at radius 3 is 2.83 bits per heavy atom. The molecule has 1 aromatic heterocycles. The quantitative estimate of drug-likeness (QED) is 0.342. The fourth-order valence-electron chi connectivity index (χ4n) is 1.06. The van der Waals surface area contributed by atoms with Crippen molar-refractivity contribution < 1.29 is 19.2 Å². The Labute approximate surface area is 103 Å². The molecule has 0 atom stereocenters. The lowest BCUT2D eigenvalue weighted by Gasteiger charge is -1.99. The summed E-state index contributed by atoms with van der Waals surface area (Å²) in [5, 5.41) is 10.7. The second kappa shape index (κ2) is 6.20. The van der Waals surface area contributed by atoms with Gasteiger partial charge in [-0.25, -0.2) is 4.79 Å². The summed E-state index contributed by atoms with van der Waals surface area (Å²) in [6.45, 7) is 1.81. The van der Waals surface area contributed by atoms with Gasteiger partial charge in [0.25, 0.3) is 0 Å². The predicted octanol–water partition coefficient (Wildman–Crippen LogP) is 0.913. The van der Waals surface area contributed by atoms with E-state index in [-0.39, 0.29) is 23.9 Å². The number of nitro groups is 1. The summed E-state index contributed by atoms with van der Waals surface area (Å²) in [5.74, 6) is 3.82. The van der Waals surface area contributed by atoms with E-state index in [2.05, 4.69) is 21.6 Å². The summed E-state index contributed by atoms with van der Waals surface area (Å²) in [6.07, 6.45) is 0. The zero-order chi connectivity index (χ0) is 13.5. The topological polar surface area (TPSA) is 91.6 Å². The van der Waals surface area contributed by atoms with Gasteiger partial charge in [-0.3, -0.25) is 10.1 Å². The van der Waals surface area contributed by atoms with Crippen LogP contribution in [0.25, 0.3) is 0 Å². The standard InChI is InChI=1S/C11H10N2O5/c1-3-18-11(14)7-4-8-9(13(15)16)5-6-10(12-8)17-2/h5-6H,3H2,1-2H3. The van der Waals surface area contributed by atoms with Gasteiger partial charge in [-0.15, -0.1) is 0 Å². The molecule has 0 fully saturated rings. The van der Waals surface area contributed by atoms with Gasteiger partial charge in [-0.2, -0.15) is 4.98 Å². The minimum atomic E-state index is -0.767. The molecule has 0 spiro atoms. The summed E-state index contributed by atoms with van der Waals surface area (Å²) in [7, 11) is 1.37. The fraction of sp³-hybridized carbons (Fsp3) is 0.273. The van der Waals surface area contributed by atoms with Gasteiger partial charge in [0.15, 0.2) is 5.69 Å². The molecule has 1 aromatic rings. The Bertz CT molecular complexity index is 530. The maximum Gasteiger partial charge on any atom is 0.384 e. The van der Waals surface area contributed by atoms with Crippen molar-refractivity contribution in [2.75, 3.05) is 13.7 Å². The van der Waals surface area contributed by atoms with Crippen LogP contribution in [0, 0.1) is 22.0 Å². The van der Waals surface area contributed by atoms with Gasteiger partial charge in [0.2, 0.25) is 5.88 Å². The molecule has 0 unspecified atom stereocenters. The number of methoxy groups -OCH3 is 1. The summed E-state index contributed by atoms with van der Waals surface area (Å²) in [4.78, 5) is 24.9. The second-order valence-electron chi connectivity index (χ2n) is 2.95. The highest BCUT2D eigenvalue weighted by molar-refractivity contribution is 5.89. The number of ether oxygens (including phenoxy) is 2. The average Bonchev–Trinajstić information content (AvgIpc) is 2.36. The van der Waals surface area contributed by atoms with Crippen LogP contribution in [0.3, 0.4) is 0 Å². The van der Waals surface area contributed by atoms with Crippen LogP contribution in [-0.2, 0) is 9.53 Å². The van der Waals surface area contributed by atoms with Crippen molar-refractivity contribution in [1.29, 1.82) is 0 Å². The summed E-state index contributed by atoms with van der Waals surface area (Å²) in [6, 6.07) is 2.55. The van der Waals surface area contributed by atoms with Crippen LogP contribution in [0.15, 0.2) is 12.1 Å². The fourth-order valence-corrected chi connectivity index (χ4v) is 1.06. The highest BCUT2D eigenvalue weighted by Crippen LogP contribution is 2.18. The third-order valence-corrected chi connectivity index (χ3v) is 1.81. The molecule has 0 amide bonds. The second-order valence-corrected chi connectivity index (χ2v) is 2.95. The van der Waals surface area contributed by atoms with Crippen LogP contribution < -0.4 is 4.74 Å². The normalized spacial score (nSPS) is 9.00. The SMILES string of the molecule is CCOC(=O)C#Cc1nc(OC)ccc1[N+](=O)[O-]. The first-order valence-electron chi connectivity index (χ1n) is 4.96. The molecule has 0 aromatic carbocycles. The van der Waals surface area contributed by atoms with E-state index in [9.17, 15) is 14.9 Å². The number of hydrogen-bond donors (Lipinski definition) is 0. The van der Waals surface area contributed by atoms with Crippen LogP contribution in [0.5, 0.6) is 5.88 Å². The van der Waals surface area contributed by atoms with E-state index in [0.717, 1.165) is 0 Å². The number of carbonyl (C=O) groups is 1. The van der Waals surface area contributed by atoms with Crippen molar-refractivity contribution in [1.82, 2.24) is 4.98 Å². The van der Waals surface area contributed by atoms with E-state index in [1.807, 2.05) is 0 Å². The highest BCUT2D eigenvalue weighted by atomic mass is 16.6. The molecule has 0 aliphatic carbocycles. The van der Waals surface area contributed by atoms with Gasteiger partial charge in [0.05, 0.1) is 18.6 Å². The third kappa shape index (κ3) is 3.45. The smallest absolute Gasteiger partial charge is 0.384 e. The van der Waals surface area contributed by atoms with Crippen LogP contribution >= 0.6 is 0 Å². The predicted molar refractivity (Wildman–Crippen MR) is 61.0 cm³/mol. The van der Waals surface area contributed by atoms with Crippen molar-refractivity contribution in [2.45, 2.75) is 6.92 Å². The van der Waals surface area contributed by atoms with Gasteiger partial charge in [0, 0.05) is 18.1 Å². The molecule has 0 aliphatic rings. The largest absolute Gasteiger partial charge is 0.481 e. The molecule has 0 N–H and O–H groups in total. The number of aromatic nitrogens is 1. The molecule has 18 heavy (non-hydrogen) atoms. The maximum absolute atomic E-state index is 11.0. The molecular formula is C11H10N2O5. The summed E-state index contributed by atoms with van der Waals surface area (Å²) < 4.78 is 9.41. The Morgan fingerprint density at radius 2 is 2.28 bits per heavy atom. The number of esters is 1. The van der Waals surface area contributed by atoms with E-state index in [0.29, 0.717) is 0 Å². The van der Waals surface area contributed by atoms with Gasteiger partial charge in [-0.1, -0.05) is 0 Å². The van der Waals surface area contributed by atoms with E-state index in [1.165, 1.54) is 19.2 Å². The minimum Gasteiger partial charge on any atom is -0.481 e. The number of carbonyl (C=O) groups excluding carboxylic acids is 1. The highest BCUT2D eigenvalue weighted by Gasteiger charge is 2.14. The van der Waals surface area contributed by atoms with E-state index in [1.54, 1.807) is 6.92 Å². The van der Waals surface area contributed by atoms with Crippen LogP contribution in [-0.4, -0.2) is 29.6 Å². The summed E-state index contributed by atoms with van der Waals surface area (Å²) >= 11 is 0. The zero-order valence-corrected chi connectivity index (χ0v) is 9.80. The molecule has 94 valence electrons. The van der Waals surface area contributed by atoms with Crippen LogP contribution in [0.4, 0.5) is 5.69 Å². The van der Waals surface area contributed by atoms with Gasteiger partial charge in [0.1, 0.15) is 0 Å². The minimum absolute atomic E-state index is 0.146. The number of pyridine rings is 1. The van der Waals surface area contributed by atoms with Gasteiger partial charge >= 0.3 is 11.7 Å². The van der Waals surface area contributed by atoms with E-state index < -0.39 is 10.9 Å². The molecule has 0 saturated heterocycles. The third-order valence-electron chi connectivity index (χ3n) is 1.81. The number of hydrogen-bond acceptors (Lipinski definition) is 6. The van der Waals surface area contributed by atoms with Crippen molar-refractivity contribution >= 4 is 11.7 Å². The maximum atomic E-state index is 11.0. The molecular weight excluding hydrogens is 240 g/mol. The molecule has 0 radical (unpaired) electrons. The number of nitrogens with zero attached hydrogens (tertiary/aromatic N) is 2. The first-order valence-corrected chi connectivity index (χ1v) is 4.96. The average molecular weight is 250 g/mol. The lowest BCUT2D eigenvalue weighted by atomic mass is 10.3. The Hall–Kier alpha value is -2.62. The first-order chi connectivity index (χ1) is 8.58. The summed E-state index contributed by atoms with van der Waals surface area (Å²) in [5.41, 5.74) is -0.444. The zero-order valence-electron chi connectivity index (χ0n) is 9.80. The lowest BCUT2D eigenvalue weighted by Crippen LogP contribution is -2.01. The Morgan fingerprint density at radius 1 is 1.56 bits per heavy atom. The molecule has 0 bridgehead atoms. The van der Waals surface area contributed by atoms with E-state index in [4.69, 9.17) is 4.74 Å². The molecule has 0 saturated carbocycles. The number of rotatable bonds is 3. The van der Waals surface area contributed by atoms with Crippen LogP contribution in [0.2, 0.25) is 0 Å². The van der Waals surface area contributed by atoms with Crippen molar-refractivity contribution in [3.05, 3.63) is 27.9 Å². The molecule has 1 rings (SSSR count). The Balaban J connectivity index is 3.12. The van der Waals surface area contributed by atoms with Gasteiger partial charge < -0.3 is 9.47 Å². The van der Waals surface area contributed by atoms with Crippen LogP contribution in [0.1, 0.15) is 12.6 Å². The monoisotopic (exact) mass is 250 g/mol.